The fourth-order valence-electron chi connectivity index (χ4n) is 1.71. The molecular weight excluding hydrogens is 199 g/mol. The lowest BCUT2D eigenvalue weighted by Crippen LogP contribution is -2.20. The number of rotatable bonds is 3. The summed E-state index contributed by atoms with van der Waals surface area (Å²) in [6, 6.07) is 5.94. The number of alkyl halides is 1. The van der Waals surface area contributed by atoms with E-state index in [9.17, 15) is 14.3 Å². The van der Waals surface area contributed by atoms with Gasteiger partial charge in [-0.3, -0.25) is 4.79 Å². The van der Waals surface area contributed by atoms with Crippen LogP contribution >= 0.6 is 0 Å². The lowest BCUT2D eigenvalue weighted by Gasteiger charge is -2.16. The third-order valence-corrected chi connectivity index (χ3v) is 2.91. The van der Waals surface area contributed by atoms with Crippen LogP contribution in [-0.4, -0.2) is 16.2 Å². The Hall–Kier alpha value is -1.58. The summed E-state index contributed by atoms with van der Waals surface area (Å²) >= 11 is 0. The highest BCUT2D eigenvalue weighted by Crippen LogP contribution is 2.58. The number of aromatic hydroxyl groups is 1. The molecule has 0 bridgehead atoms. The van der Waals surface area contributed by atoms with Gasteiger partial charge in [0.15, 0.2) is 0 Å². The smallest absolute Gasteiger partial charge is 0.312 e. The Bertz CT molecular complexity index is 399. The molecular formula is C11H11FO3. The summed E-state index contributed by atoms with van der Waals surface area (Å²) in [5.41, 5.74) is -1.24. The highest BCUT2D eigenvalue weighted by Gasteiger charge is 2.58. The number of phenols is 1. The SMILES string of the molecule is O=C(O)C1(C(F)c2ccccc2O)CC1. The van der Waals surface area contributed by atoms with Gasteiger partial charge in [0.2, 0.25) is 0 Å². The third-order valence-electron chi connectivity index (χ3n) is 2.91. The summed E-state index contributed by atoms with van der Waals surface area (Å²) in [5.74, 6) is -1.31. The fraction of sp³-hybridized carbons (Fsp3) is 0.364. The van der Waals surface area contributed by atoms with Crippen LogP contribution in [0.4, 0.5) is 4.39 Å². The quantitative estimate of drug-likeness (QED) is 0.804. The van der Waals surface area contributed by atoms with Gasteiger partial charge in [-0.25, -0.2) is 4.39 Å². The summed E-state index contributed by atoms with van der Waals surface area (Å²) in [6.07, 6.45) is -0.966. The molecule has 1 unspecified atom stereocenters. The summed E-state index contributed by atoms with van der Waals surface area (Å²) in [6.45, 7) is 0. The molecule has 1 aromatic carbocycles. The van der Waals surface area contributed by atoms with Gasteiger partial charge in [0, 0.05) is 5.56 Å². The number of phenolic OH excluding ortho intramolecular Hbond substituents is 1. The Morgan fingerprint density at radius 3 is 2.47 bits per heavy atom. The molecule has 1 aliphatic rings. The Morgan fingerprint density at radius 2 is 2.00 bits per heavy atom. The number of hydrogen-bond donors (Lipinski definition) is 2. The molecule has 0 aliphatic heterocycles. The van der Waals surface area contributed by atoms with Gasteiger partial charge in [-0.2, -0.15) is 0 Å². The summed E-state index contributed by atoms with van der Waals surface area (Å²) in [5, 5.41) is 18.3. The predicted octanol–water partition coefficient (Wildman–Crippen LogP) is 2.27. The van der Waals surface area contributed by atoms with Crippen molar-refractivity contribution in [1.29, 1.82) is 0 Å². The minimum atomic E-state index is -1.63. The average Bonchev–Trinajstić information content (AvgIpc) is 2.98. The highest BCUT2D eigenvalue weighted by atomic mass is 19.1. The van der Waals surface area contributed by atoms with E-state index in [0.29, 0.717) is 12.8 Å². The van der Waals surface area contributed by atoms with E-state index in [0.717, 1.165) is 0 Å². The number of carbonyl (C=O) groups is 1. The molecule has 4 heteroatoms. The first-order valence-corrected chi connectivity index (χ1v) is 4.73. The zero-order valence-electron chi connectivity index (χ0n) is 7.98. The van der Waals surface area contributed by atoms with Gasteiger partial charge in [0.25, 0.3) is 0 Å². The van der Waals surface area contributed by atoms with E-state index in [1.54, 1.807) is 12.1 Å². The van der Waals surface area contributed by atoms with Gasteiger partial charge in [0.05, 0.1) is 0 Å². The van der Waals surface area contributed by atoms with Crippen LogP contribution in [0.5, 0.6) is 5.75 Å². The second-order valence-electron chi connectivity index (χ2n) is 3.88. The van der Waals surface area contributed by atoms with E-state index >= 15 is 0 Å². The Morgan fingerprint density at radius 1 is 1.40 bits per heavy atom. The zero-order chi connectivity index (χ0) is 11.1. The number of halogens is 1. The van der Waals surface area contributed by atoms with E-state index in [4.69, 9.17) is 5.11 Å². The van der Waals surface area contributed by atoms with E-state index in [-0.39, 0.29) is 11.3 Å². The minimum absolute atomic E-state index is 0.0670. The molecule has 1 atom stereocenters. The predicted molar refractivity (Wildman–Crippen MR) is 51.3 cm³/mol. The second-order valence-corrected chi connectivity index (χ2v) is 3.88. The minimum Gasteiger partial charge on any atom is -0.508 e. The third kappa shape index (κ3) is 1.46. The molecule has 1 fully saturated rings. The second kappa shape index (κ2) is 3.22. The number of benzene rings is 1. The van der Waals surface area contributed by atoms with Crippen LogP contribution in [0.1, 0.15) is 24.6 Å². The normalized spacial score (nSPS) is 19.5. The summed E-state index contributed by atoms with van der Waals surface area (Å²) in [7, 11) is 0. The highest BCUT2D eigenvalue weighted by molar-refractivity contribution is 5.79. The van der Waals surface area contributed by atoms with E-state index < -0.39 is 17.6 Å². The molecule has 0 radical (unpaired) electrons. The Balaban J connectivity index is 2.33. The molecule has 2 N–H and O–H groups in total. The maximum atomic E-state index is 13.9. The fourth-order valence-corrected chi connectivity index (χ4v) is 1.71. The number of aliphatic carboxylic acids is 1. The van der Waals surface area contributed by atoms with Crippen molar-refractivity contribution in [2.24, 2.45) is 5.41 Å². The molecule has 80 valence electrons. The standard InChI is InChI=1S/C11H11FO3/c12-9(11(5-6-11)10(14)15)7-3-1-2-4-8(7)13/h1-4,9,13H,5-6H2,(H,14,15). The first kappa shape index (κ1) is 9.96. The van der Waals surface area contributed by atoms with E-state index in [1.165, 1.54) is 12.1 Å². The van der Waals surface area contributed by atoms with Crippen molar-refractivity contribution in [2.75, 3.05) is 0 Å². The first-order chi connectivity index (χ1) is 7.08. The zero-order valence-corrected chi connectivity index (χ0v) is 7.98. The molecule has 0 aromatic heterocycles. The van der Waals surface area contributed by atoms with E-state index in [2.05, 4.69) is 0 Å². The van der Waals surface area contributed by atoms with Crippen molar-refractivity contribution in [1.82, 2.24) is 0 Å². The number of carboxylic acid groups (broad SMARTS) is 1. The molecule has 1 aromatic rings. The molecule has 1 aliphatic carbocycles. The van der Waals surface area contributed by atoms with Crippen molar-refractivity contribution < 1.29 is 19.4 Å². The van der Waals surface area contributed by atoms with Crippen LogP contribution in [0.15, 0.2) is 24.3 Å². The van der Waals surface area contributed by atoms with Crippen molar-refractivity contribution in [3.63, 3.8) is 0 Å². The average molecular weight is 210 g/mol. The van der Waals surface area contributed by atoms with Crippen LogP contribution in [0.25, 0.3) is 0 Å². The molecule has 0 saturated heterocycles. The molecule has 0 spiro atoms. The van der Waals surface area contributed by atoms with Crippen LogP contribution in [0, 0.1) is 5.41 Å². The maximum absolute atomic E-state index is 13.9. The number of hydrogen-bond acceptors (Lipinski definition) is 2. The Kier molecular flexibility index (Phi) is 2.14. The number of para-hydroxylation sites is 1. The van der Waals surface area contributed by atoms with Gasteiger partial charge in [-0.1, -0.05) is 18.2 Å². The Labute approximate surface area is 86.2 Å². The first-order valence-electron chi connectivity index (χ1n) is 4.73. The summed E-state index contributed by atoms with van der Waals surface area (Å²) < 4.78 is 13.9. The van der Waals surface area contributed by atoms with Gasteiger partial charge in [0.1, 0.15) is 17.3 Å². The topological polar surface area (TPSA) is 57.5 Å². The molecule has 1 saturated carbocycles. The number of carboxylic acids is 1. The van der Waals surface area contributed by atoms with Crippen molar-refractivity contribution >= 4 is 5.97 Å². The van der Waals surface area contributed by atoms with Gasteiger partial charge < -0.3 is 10.2 Å². The monoisotopic (exact) mass is 210 g/mol. The van der Waals surface area contributed by atoms with E-state index in [1.807, 2.05) is 0 Å². The van der Waals surface area contributed by atoms with Gasteiger partial charge in [-0.15, -0.1) is 0 Å². The lowest BCUT2D eigenvalue weighted by molar-refractivity contribution is -0.146. The van der Waals surface area contributed by atoms with Crippen molar-refractivity contribution in [3.05, 3.63) is 29.8 Å². The van der Waals surface area contributed by atoms with Crippen molar-refractivity contribution in [3.8, 4) is 5.75 Å². The summed E-state index contributed by atoms with van der Waals surface area (Å²) in [4.78, 5) is 10.9. The van der Waals surface area contributed by atoms with Crippen molar-refractivity contribution in [2.45, 2.75) is 19.0 Å². The van der Waals surface area contributed by atoms with Crippen LogP contribution in [-0.2, 0) is 4.79 Å². The molecule has 15 heavy (non-hydrogen) atoms. The molecule has 3 nitrogen and oxygen atoms in total. The van der Waals surface area contributed by atoms with Crippen LogP contribution < -0.4 is 0 Å². The lowest BCUT2D eigenvalue weighted by atomic mass is 9.94. The molecule has 0 amide bonds. The molecule has 2 rings (SSSR count). The van der Waals surface area contributed by atoms with Crippen LogP contribution in [0.2, 0.25) is 0 Å². The van der Waals surface area contributed by atoms with Gasteiger partial charge >= 0.3 is 5.97 Å². The van der Waals surface area contributed by atoms with Gasteiger partial charge in [-0.05, 0) is 18.9 Å². The molecule has 0 heterocycles. The largest absolute Gasteiger partial charge is 0.508 e. The van der Waals surface area contributed by atoms with Crippen LogP contribution in [0.3, 0.4) is 0 Å². The maximum Gasteiger partial charge on any atom is 0.312 e.